The largest absolute Gasteiger partial charge is 0.508 e. The Bertz CT molecular complexity index is 1240. The van der Waals surface area contributed by atoms with Crippen LogP contribution in [0.1, 0.15) is 11.1 Å². The minimum Gasteiger partial charge on any atom is -0.508 e. The number of anilines is 2. The van der Waals surface area contributed by atoms with Gasteiger partial charge in [-0.1, -0.05) is 35.4 Å². The molecule has 29 heavy (non-hydrogen) atoms. The van der Waals surface area contributed by atoms with Gasteiger partial charge >= 0.3 is 0 Å². The maximum atomic E-state index is 12.7. The van der Waals surface area contributed by atoms with Gasteiger partial charge in [0.25, 0.3) is 20.0 Å². The van der Waals surface area contributed by atoms with E-state index in [0.717, 1.165) is 17.2 Å². The highest BCUT2D eigenvalue weighted by molar-refractivity contribution is 7.93. The number of hydrogen-bond donors (Lipinski definition) is 3. The Kier molecular flexibility index (Phi) is 5.54. The van der Waals surface area contributed by atoms with Crippen molar-refractivity contribution in [1.82, 2.24) is 0 Å². The molecule has 0 aliphatic carbocycles. The van der Waals surface area contributed by atoms with Gasteiger partial charge in [-0.3, -0.25) is 9.44 Å². The number of benzene rings is 3. The predicted octanol–water partition coefficient (Wildman–Crippen LogP) is 3.61. The van der Waals surface area contributed by atoms with Crippen molar-refractivity contribution >= 4 is 31.4 Å². The summed E-state index contributed by atoms with van der Waals surface area (Å²) in [6, 6.07) is 16.1. The van der Waals surface area contributed by atoms with Crippen molar-refractivity contribution in [3.05, 3.63) is 77.9 Å². The van der Waals surface area contributed by atoms with Gasteiger partial charge in [-0.2, -0.15) is 0 Å². The summed E-state index contributed by atoms with van der Waals surface area (Å²) in [5.74, 6) is -0.218. The van der Waals surface area contributed by atoms with Crippen LogP contribution in [0.5, 0.6) is 5.75 Å². The van der Waals surface area contributed by atoms with Gasteiger partial charge in [-0.25, -0.2) is 16.8 Å². The van der Waals surface area contributed by atoms with Gasteiger partial charge in [0.2, 0.25) is 0 Å². The molecule has 3 rings (SSSR count). The summed E-state index contributed by atoms with van der Waals surface area (Å²) in [5.41, 5.74) is 1.69. The first-order valence-electron chi connectivity index (χ1n) is 8.59. The molecular formula is C20H20N2O5S2. The lowest BCUT2D eigenvalue weighted by atomic mass is 10.2. The average molecular weight is 433 g/mol. The molecule has 0 aliphatic rings. The second kappa shape index (κ2) is 7.76. The van der Waals surface area contributed by atoms with Crippen LogP contribution in [-0.2, 0) is 20.0 Å². The SMILES string of the molecule is Cc1ccc(S(=O)(=O)Nc2ccc(O)cc2NS(=O)(=O)c2ccc(C)cc2)cc1. The Morgan fingerprint density at radius 1 is 0.621 bits per heavy atom. The van der Waals surface area contributed by atoms with E-state index in [-0.39, 0.29) is 26.9 Å². The van der Waals surface area contributed by atoms with Crippen molar-refractivity contribution in [2.24, 2.45) is 0 Å². The number of rotatable bonds is 6. The molecule has 0 fully saturated rings. The standard InChI is InChI=1S/C20H20N2O5S2/c1-14-3-8-17(9-4-14)28(24,25)21-19-12-7-16(23)13-20(19)22-29(26,27)18-10-5-15(2)6-11-18/h3-13,21-23H,1-2H3. The van der Waals surface area contributed by atoms with Crippen LogP contribution in [0.3, 0.4) is 0 Å². The van der Waals surface area contributed by atoms with Gasteiger partial charge in [-0.05, 0) is 50.2 Å². The molecule has 0 amide bonds. The topological polar surface area (TPSA) is 113 Å². The van der Waals surface area contributed by atoms with E-state index in [9.17, 15) is 21.9 Å². The van der Waals surface area contributed by atoms with Gasteiger partial charge in [0, 0.05) is 6.07 Å². The zero-order valence-corrected chi connectivity index (χ0v) is 17.4. The molecule has 0 radical (unpaired) electrons. The molecule has 152 valence electrons. The lowest BCUT2D eigenvalue weighted by Gasteiger charge is -2.15. The van der Waals surface area contributed by atoms with Gasteiger partial charge < -0.3 is 5.11 Å². The molecule has 0 aliphatic heterocycles. The third-order valence-corrected chi connectivity index (χ3v) is 6.92. The number of phenols is 1. The molecule has 0 bridgehead atoms. The summed E-state index contributed by atoms with van der Waals surface area (Å²) in [6.07, 6.45) is 0. The van der Waals surface area contributed by atoms with Crippen LogP contribution in [0.25, 0.3) is 0 Å². The predicted molar refractivity (Wildman–Crippen MR) is 112 cm³/mol. The summed E-state index contributed by atoms with van der Waals surface area (Å²) in [4.78, 5) is 0.0438. The molecule has 3 aromatic carbocycles. The Labute approximate surface area is 170 Å². The monoisotopic (exact) mass is 432 g/mol. The number of aromatic hydroxyl groups is 1. The van der Waals surface area contributed by atoms with Crippen LogP contribution in [0.2, 0.25) is 0 Å². The van der Waals surface area contributed by atoms with E-state index in [4.69, 9.17) is 0 Å². The molecule has 0 saturated carbocycles. The molecular weight excluding hydrogens is 412 g/mol. The number of nitrogens with one attached hydrogen (secondary N) is 2. The van der Waals surface area contributed by atoms with Crippen molar-refractivity contribution in [3.8, 4) is 5.75 Å². The highest BCUT2D eigenvalue weighted by atomic mass is 32.2. The Balaban J connectivity index is 1.96. The average Bonchev–Trinajstić information content (AvgIpc) is 2.64. The van der Waals surface area contributed by atoms with Gasteiger partial charge in [0.05, 0.1) is 21.2 Å². The van der Waals surface area contributed by atoms with Gasteiger partial charge in [0.15, 0.2) is 0 Å². The molecule has 0 unspecified atom stereocenters. The molecule has 0 spiro atoms. The molecule has 0 saturated heterocycles. The fraction of sp³-hybridized carbons (Fsp3) is 0.100. The van der Waals surface area contributed by atoms with E-state index in [1.54, 1.807) is 24.3 Å². The Morgan fingerprint density at radius 2 is 1.03 bits per heavy atom. The van der Waals surface area contributed by atoms with E-state index in [1.807, 2.05) is 13.8 Å². The molecule has 0 heterocycles. The Hall–Kier alpha value is -3.04. The van der Waals surface area contributed by atoms with E-state index in [1.165, 1.54) is 36.4 Å². The second-order valence-electron chi connectivity index (χ2n) is 6.57. The quantitative estimate of drug-likeness (QED) is 0.515. The van der Waals surface area contributed by atoms with Crippen molar-refractivity contribution in [3.63, 3.8) is 0 Å². The summed E-state index contributed by atoms with van der Waals surface area (Å²) in [5, 5.41) is 9.78. The summed E-state index contributed by atoms with van der Waals surface area (Å²) in [6.45, 7) is 3.67. The maximum Gasteiger partial charge on any atom is 0.261 e. The first-order chi connectivity index (χ1) is 13.6. The van der Waals surface area contributed by atoms with Crippen LogP contribution < -0.4 is 9.44 Å². The van der Waals surface area contributed by atoms with Crippen LogP contribution >= 0.6 is 0 Å². The second-order valence-corrected chi connectivity index (χ2v) is 9.93. The molecule has 7 nitrogen and oxygen atoms in total. The summed E-state index contributed by atoms with van der Waals surface area (Å²) < 4.78 is 55.4. The number of aryl methyl sites for hydroxylation is 2. The highest BCUT2D eigenvalue weighted by Crippen LogP contribution is 2.30. The van der Waals surface area contributed by atoms with Crippen LogP contribution in [-0.4, -0.2) is 21.9 Å². The third-order valence-electron chi connectivity index (χ3n) is 4.15. The van der Waals surface area contributed by atoms with Crippen molar-refractivity contribution in [1.29, 1.82) is 0 Å². The van der Waals surface area contributed by atoms with E-state index < -0.39 is 20.0 Å². The molecule has 0 atom stereocenters. The van der Waals surface area contributed by atoms with E-state index >= 15 is 0 Å². The number of sulfonamides is 2. The van der Waals surface area contributed by atoms with Crippen molar-refractivity contribution in [2.45, 2.75) is 23.6 Å². The van der Waals surface area contributed by atoms with Crippen LogP contribution in [0, 0.1) is 13.8 Å². The smallest absolute Gasteiger partial charge is 0.261 e. The minimum atomic E-state index is -3.99. The van der Waals surface area contributed by atoms with Gasteiger partial charge in [0.1, 0.15) is 5.75 Å². The zero-order chi connectivity index (χ0) is 21.2. The van der Waals surface area contributed by atoms with E-state index in [0.29, 0.717) is 0 Å². The van der Waals surface area contributed by atoms with Crippen molar-refractivity contribution in [2.75, 3.05) is 9.44 Å². The molecule has 9 heteroatoms. The first-order valence-corrected chi connectivity index (χ1v) is 11.6. The van der Waals surface area contributed by atoms with E-state index in [2.05, 4.69) is 9.44 Å². The molecule has 3 aromatic rings. The van der Waals surface area contributed by atoms with Crippen molar-refractivity contribution < 1.29 is 21.9 Å². The maximum absolute atomic E-state index is 12.7. The normalized spacial score (nSPS) is 11.8. The molecule has 3 N–H and O–H groups in total. The zero-order valence-electron chi connectivity index (χ0n) is 15.7. The lowest BCUT2D eigenvalue weighted by molar-refractivity contribution is 0.475. The first kappa shape index (κ1) is 20.7. The third kappa shape index (κ3) is 4.87. The fourth-order valence-corrected chi connectivity index (χ4v) is 4.70. The van der Waals surface area contributed by atoms with Gasteiger partial charge in [-0.15, -0.1) is 0 Å². The number of hydrogen-bond acceptors (Lipinski definition) is 5. The Morgan fingerprint density at radius 3 is 1.48 bits per heavy atom. The summed E-state index contributed by atoms with van der Waals surface area (Å²) in [7, 11) is -7.95. The number of phenolic OH excluding ortho intramolecular Hbond substituents is 1. The fourth-order valence-electron chi connectivity index (χ4n) is 2.55. The minimum absolute atomic E-state index is 0.0128. The molecule has 0 aromatic heterocycles. The van der Waals surface area contributed by atoms with Crippen LogP contribution in [0.4, 0.5) is 11.4 Å². The highest BCUT2D eigenvalue weighted by Gasteiger charge is 2.20. The van der Waals surface area contributed by atoms with Crippen LogP contribution in [0.15, 0.2) is 76.5 Å². The summed E-state index contributed by atoms with van der Waals surface area (Å²) >= 11 is 0. The lowest BCUT2D eigenvalue weighted by Crippen LogP contribution is -2.17.